The lowest BCUT2D eigenvalue weighted by atomic mass is 10.2. The van der Waals surface area contributed by atoms with Gasteiger partial charge in [0.15, 0.2) is 0 Å². The Morgan fingerprint density at radius 3 is 2.34 bits per heavy atom. The molecule has 0 spiro atoms. The normalized spacial score (nSPS) is 10.5. The smallest absolute Gasteiger partial charge is 0.297 e. The summed E-state index contributed by atoms with van der Waals surface area (Å²) >= 11 is 1.60. The second-order valence-electron chi connectivity index (χ2n) is 6.09. The third kappa shape index (κ3) is 5.22. The average molecular weight is 422 g/mol. The van der Waals surface area contributed by atoms with Crippen molar-refractivity contribution in [3.05, 3.63) is 95.5 Å². The summed E-state index contributed by atoms with van der Waals surface area (Å²) in [4.78, 5) is 0. The Labute approximate surface area is 180 Å². The molecule has 0 amide bonds. The molecular formula is C23H20ClN3OS. The van der Waals surface area contributed by atoms with Crippen LogP contribution in [-0.2, 0) is 0 Å². The van der Waals surface area contributed by atoms with Crippen LogP contribution in [0.5, 0.6) is 5.75 Å². The molecule has 0 aliphatic rings. The van der Waals surface area contributed by atoms with E-state index >= 15 is 0 Å². The molecule has 6 heteroatoms. The standard InChI is InChI=1S/C23H20N3OS.ClH/c1-27-21-14-8-9-18(17-21)15-16-22-26(20-12-6-3-7-13-20)25-23(28-22)24-19-10-4-2-5-11-19;/h2-17H,1H3,(H,24,25);1H/q+1;/p-1/b16-15+;. The van der Waals surface area contributed by atoms with E-state index in [0.29, 0.717) is 0 Å². The van der Waals surface area contributed by atoms with Gasteiger partial charge in [-0.2, -0.15) is 0 Å². The fraction of sp³-hybridized carbons (Fsp3) is 0.0435. The lowest BCUT2D eigenvalue weighted by molar-refractivity contribution is -0.654. The molecule has 146 valence electrons. The summed E-state index contributed by atoms with van der Waals surface area (Å²) in [6.07, 6.45) is 4.15. The topological polar surface area (TPSA) is 38.0 Å². The van der Waals surface area contributed by atoms with Crippen LogP contribution in [-0.4, -0.2) is 12.2 Å². The second kappa shape index (κ2) is 9.87. The molecule has 0 saturated carbocycles. The number of rotatable bonds is 6. The number of hydrogen-bond acceptors (Lipinski definition) is 4. The summed E-state index contributed by atoms with van der Waals surface area (Å²) < 4.78 is 7.26. The van der Waals surface area contributed by atoms with Gasteiger partial charge in [0, 0.05) is 29.0 Å². The predicted molar refractivity (Wildman–Crippen MR) is 115 cm³/mol. The molecule has 1 aromatic heterocycles. The third-order valence-corrected chi connectivity index (χ3v) is 5.03. The lowest BCUT2D eigenvalue weighted by Crippen LogP contribution is -3.00. The maximum Gasteiger partial charge on any atom is 0.297 e. The van der Waals surface area contributed by atoms with Crippen molar-refractivity contribution < 1.29 is 21.8 Å². The Bertz CT molecular complexity index is 1080. The molecule has 1 heterocycles. The Morgan fingerprint density at radius 1 is 0.897 bits per heavy atom. The monoisotopic (exact) mass is 421 g/mol. The maximum absolute atomic E-state index is 5.31. The Balaban J connectivity index is 0.00000240. The van der Waals surface area contributed by atoms with Gasteiger partial charge in [0.1, 0.15) is 5.75 Å². The molecule has 0 saturated heterocycles. The molecular weight excluding hydrogens is 402 g/mol. The van der Waals surface area contributed by atoms with E-state index in [2.05, 4.69) is 35.7 Å². The summed E-state index contributed by atoms with van der Waals surface area (Å²) in [7, 11) is 1.68. The third-order valence-electron chi connectivity index (χ3n) is 4.14. The van der Waals surface area contributed by atoms with Crippen molar-refractivity contribution in [1.29, 1.82) is 0 Å². The van der Waals surface area contributed by atoms with Gasteiger partial charge in [-0.15, -0.1) is 0 Å². The van der Waals surface area contributed by atoms with E-state index in [-0.39, 0.29) is 12.4 Å². The SMILES string of the molecule is COc1cccc(/C=C/c2sc(Nc3ccccc3)n[n+]2-c2ccccc2)c1.[Cl-]. The van der Waals surface area contributed by atoms with Crippen LogP contribution < -0.4 is 27.1 Å². The summed E-state index contributed by atoms with van der Waals surface area (Å²) in [5.74, 6) is 0.842. The first-order valence-electron chi connectivity index (χ1n) is 8.94. The van der Waals surface area contributed by atoms with Crippen molar-refractivity contribution >= 4 is 34.3 Å². The highest BCUT2D eigenvalue weighted by Crippen LogP contribution is 2.23. The van der Waals surface area contributed by atoms with Crippen molar-refractivity contribution in [3.8, 4) is 11.4 Å². The minimum atomic E-state index is 0. The van der Waals surface area contributed by atoms with Crippen LogP contribution in [0.15, 0.2) is 84.9 Å². The van der Waals surface area contributed by atoms with Gasteiger partial charge in [-0.1, -0.05) is 48.5 Å². The molecule has 0 bridgehead atoms. The number of hydrogen-bond donors (Lipinski definition) is 1. The predicted octanol–water partition coefficient (Wildman–Crippen LogP) is 2.35. The van der Waals surface area contributed by atoms with Crippen LogP contribution in [0.4, 0.5) is 10.8 Å². The minimum absolute atomic E-state index is 0. The summed E-state index contributed by atoms with van der Waals surface area (Å²) in [6, 6.07) is 28.2. The molecule has 0 aliphatic heterocycles. The van der Waals surface area contributed by atoms with Crippen LogP contribution in [0, 0.1) is 0 Å². The van der Waals surface area contributed by atoms with Gasteiger partial charge in [-0.05, 0) is 51.9 Å². The number of aromatic nitrogens is 2. The Kier molecular flexibility index (Phi) is 7.00. The Morgan fingerprint density at radius 2 is 1.62 bits per heavy atom. The highest BCUT2D eigenvalue weighted by molar-refractivity contribution is 7.15. The van der Waals surface area contributed by atoms with Gasteiger partial charge in [0.2, 0.25) is 5.69 Å². The molecule has 29 heavy (non-hydrogen) atoms. The largest absolute Gasteiger partial charge is 1.00 e. The zero-order chi connectivity index (χ0) is 19.2. The summed E-state index contributed by atoms with van der Waals surface area (Å²) in [5.41, 5.74) is 3.11. The lowest BCUT2D eigenvalue weighted by Gasteiger charge is -1.99. The van der Waals surface area contributed by atoms with Crippen LogP contribution in [0.3, 0.4) is 0 Å². The van der Waals surface area contributed by atoms with Gasteiger partial charge in [-0.3, -0.25) is 0 Å². The van der Waals surface area contributed by atoms with Crippen molar-refractivity contribution in [2.75, 3.05) is 12.4 Å². The molecule has 4 nitrogen and oxygen atoms in total. The zero-order valence-corrected chi connectivity index (χ0v) is 17.4. The molecule has 4 aromatic rings. The van der Waals surface area contributed by atoms with E-state index in [1.54, 1.807) is 18.4 Å². The van der Waals surface area contributed by atoms with E-state index in [4.69, 9.17) is 9.84 Å². The van der Waals surface area contributed by atoms with Crippen molar-refractivity contribution in [2.45, 2.75) is 0 Å². The number of halogens is 1. The number of nitrogens with one attached hydrogen (secondary N) is 1. The number of benzene rings is 3. The molecule has 4 rings (SSSR count). The molecule has 0 fully saturated rings. The fourth-order valence-electron chi connectivity index (χ4n) is 2.77. The van der Waals surface area contributed by atoms with Gasteiger partial charge in [0.05, 0.1) is 7.11 Å². The maximum atomic E-state index is 5.31. The molecule has 0 aliphatic carbocycles. The van der Waals surface area contributed by atoms with Gasteiger partial charge in [0.25, 0.3) is 10.1 Å². The highest BCUT2D eigenvalue weighted by Gasteiger charge is 2.20. The highest BCUT2D eigenvalue weighted by atomic mass is 35.5. The van der Waals surface area contributed by atoms with Crippen LogP contribution in [0.2, 0.25) is 0 Å². The average Bonchev–Trinajstić information content (AvgIpc) is 3.16. The van der Waals surface area contributed by atoms with E-state index in [9.17, 15) is 0 Å². The number of ether oxygens (including phenoxy) is 1. The zero-order valence-electron chi connectivity index (χ0n) is 15.8. The van der Waals surface area contributed by atoms with Gasteiger partial charge < -0.3 is 22.5 Å². The summed E-state index contributed by atoms with van der Waals surface area (Å²) in [5, 5.41) is 10.0. The quantitative estimate of drug-likeness (QED) is 0.486. The van der Waals surface area contributed by atoms with Gasteiger partial charge >= 0.3 is 0 Å². The first kappa shape index (κ1) is 20.6. The molecule has 3 aromatic carbocycles. The first-order valence-corrected chi connectivity index (χ1v) is 9.76. The van der Waals surface area contributed by atoms with Crippen LogP contribution in [0.25, 0.3) is 17.8 Å². The minimum Gasteiger partial charge on any atom is -1.00 e. The summed E-state index contributed by atoms with van der Waals surface area (Å²) in [6.45, 7) is 0. The number of anilines is 2. The molecule has 0 atom stereocenters. The van der Waals surface area contributed by atoms with E-state index in [1.807, 2.05) is 71.4 Å². The van der Waals surface area contributed by atoms with Crippen LogP contribution in [0.1, 0.15) is 10.6 Å². The first-order chi connectivity index (χ1) is 13.8. The van der Waals surface area contributed by atoms with E-state index < -0.39 is 0 Å². The number of nitrogens with zero attached hydrogens (tertiary/aromatic N) is 2. The van der Waals surface area contributed by atoms with Crippen molar-refractivity contribution in [3.63, 3.8) is 0 Å². The van der Waals surface area contributed by atoms with E-state index in [1.165, 1.54) is 0 Å². The number of para-hydroxylation sites is 2. The molecule has 0 unspecified atom stereocenters. The van der Waals surface area contributed by atoms with Crippen molar-refractivity contribution in [1.82, 2.24) is 5.10 Å². The van der Waals surface area contributed by atoms with Crippen LogP contribution >= 0.6 is 11.3 Å². The fourth-order valence-corrected chi connectivity index (χ4v) is 3.63. The van der Waals surface area contributed by atoms with Crippen molar-refractivity contribution in [2.24, 2.45) is 0 Å². The van der Waals surface area contributed by atoms with E-state index in [0.717, 1.165) is 32.8 Å². The number of methoxy groups -OCH3 is 1. The Hall–Kier alpha value is -3.15. The second-order valence-corrected chi connectivity index (χ2v) is 7.10. The van der Waals surface area contributed by atoms with Gasteiger partial charge in [-0.25, -0.2) is 0 Å². The molecule has 0 radical (unpaired) electrons. The molecule has 1 N–H and O–H groups in total.